The molecule has 0 saturated carbocycles. The predicted octanol–water partition coefficient (Wildman–Crippen LogP) is 4.01. The van der Waals surface area contributed by atoms with Crippen molar-refractivity contribution in [3.8, 4) is 0 Å². The minimum absolute atomic E-state index is 0.259. The Labute approximate surface area is 121 Å². The molecule has 0 spiro atoms. The van der Waals surface area contributed by atoms with E-state index in [9.17, 15) is 9.18 Å². The molecule has 2 aromatic carbocycles. The molecule has 0 aliphatic carbocycles. The van der Waals surface area contributed by atoms with Crippen molar-refractivity contribution in [2.75, 3.05) is 19.0 Å². The van der Waals surface area contributed by atoms with E-state index in [1.807, 2.05) is 31.1 Å². The van der Waals surface area contributed by atoms with Gasteiger partial charge in [0.1, 0.15) is 5.82 Å². The number of aromatic carboxylic acids is 1. The Morgan fingerprint density at radius 2 is 1.62 bits per heavy atom. The quantitative estimate of drug-likeness (QED) is 0.864. The van der Waals surface area contributed by atoms with Gasteiger partial charge in [-0.3, -0.25) is 0 Å². The van der Waals surface area contributed by atoms with Crippen molar-refractivity contribution in [2.45, 2.75) is 0 Å². The van der Waals surface area contributed by atoms with Crippen molar-refractivity contribution >= 4 is 23.0 Å². The molecule has 0 aromatic heterocycles. The highest BCUT2D eigenvalue weighted by Gasteiger charge is 2.09. The zero-order valence-corrected chi connectivity index (χ0v) is 11.6. The summed E-state index contributed by atoms with van der Waals surface area (Å²) in [5, 5.41) is 16.6. The van der Waals surface area contributed by atoms with Crippen molar-refractivity contribution in [2.24, 2.45) is 10.2 Å². The lowest BCUT2D eigenvalue weighted by Gasteiger charge is -2.11. The first-order valence-electron chi connectivity index (χ1n) is 6.19. The van der Waals surface area contributed by atoms with Gasteiger partial charge in [0, 0.05) is 25.8 Å². The fraction of sp³-hybridized carbons (Fsp3) is 0.133. The second-order valence-corrected chi connectivity index (χ2v) is 4.58. The smallest absolute Gasteiger partial charge is 0.338 e. The molecule has 0 heterocycles. The van der Waals surface area contributed by atoms with Gasteiger partial charge in [0.25, 0.3) is 0 Å². The van der Waals surface area contributed by atoms with Gasteiger partial charge < -0.3 is 10.0 Å². The van der Waals surface area contributed by atoms with Crippen molar-refractivity contribution < 1.29 is 14.3 Å². The number of halogens is 1. The van der Waals surface area contributed by atoms with Gasteiger partial charge in [-0.1, -0.05) is 0 Å². The molecule has 2 aromatic rings. The molecule has 0 aliphatic heterocycles. The summed E-state index contributed by atoms with van der Waals surface area (Å²) in [5.41, 5.74) is 1.53. The molecule has 0 radical (unpaired) electrons. The molecule has 21 heavy (non-hydrogen) atoms. The third kappa shape index (κ3) is 3.62. The van der Waals surface area contributed by atoms with Gasteiger partial charge in [0.2, 0.25) is 0 Å². The highest BCUT2D eigenvalue weighted by Crippen LogP contribution is 2.22. The maximum atomic E-state index is 13.5. The Bertz CT molecular complexity index is 682. The minimum Gasteiger partial charge on any atom is -0.478 e. The molecule has 108 valence electrons. The summed E-state index contributed by atoms with van der Waals surface area (Å²) in [7, 11) is 3.87. The number of benzene rings is 2. The fourth-order valence-corrected chi connectivity index (χ4v) is 1.67. The van der Waals surface area contributed by atoms with E-state index in [0.717, 1.165) is 11.8 Å². The summed E-state index contributed by atoms with van der Waals surface area (Å²) in [4.78, 5) is 12.7. The Morgan fingerprint density at radius 3 is 2.14 bits per heavy atom. The van der Waals surface area contributed by atoms with E-state index in [1.54, 1.807) is 12.1 Å². The Morgan fingerprint density at radius 1 is 1.05 bits per heavy atom. The van der Waals surface area contributed by atoms with Gasteiger partial charge in [-0.2, -0.15) is 10.2 Å². The van der Waals surface area contributed by atoms with E-state index >= 15 is 0 Å². The number of carbonyl (C=O) groups is 1. The van der Waals surface area contributed by atoms with E-state index in [-0.39, 0.29) is 11.3 Å². The van der Waals surface area contributed by atoms with Crippen LogP contribution in [0.2, 0.25) is 0 Å². The fourth-order valence-electron chi connectivity index (χ4n) is 1.67. The third-order valence-electron chi connectivity index (χ3n) is 2.83. The van der Waals surface area contributed by atoms with Crippen LogP contribution in [0.1, 0.15) is 10.4 Å². The van der Waals surface area contributed by atoms with Crippen LogP contribution in [0, 0.1) is 5.82 Å². The van der Waals surface area contributed by atoms with Crippen LogP contribution >= 0.6 is 0 Å². The van der Waals surface area contributed by atoms with E-state index < -0.39 is 11.8 Å². The van der Waals surface area contributed by atoms with Crippen molar-refractivity contribution in [3.63, 3.8) is 0 Å². The maximum absolute atomic E-state index is 13.5. The van der Waals surface area contributed by atoms with E-state index in [2.05, 4.69) is 10.2 Å². The Kier molecular flexibility index (Phi) is 4.27. The molecular weight excluding hydrogens is 273 g/mol. The molecule has 1 N–H and O–H groups in total. The predicted molar refractivity (Wildman–Crippen MR) is 78.3 cm³/mol. The zero-order chi connectivity index (χ0) is 15.4. The molecule has 6 heteroatoms. The first-order chi connectivity index (χ1) is 9.97. The molecule has 0 unspecified atom stereocenters. The summed E-state index contributed by atoms with van der Waals surface area (Å²) in [6.45, 7) is 0. The summed E-state index contributed by atoms with van der Waals surface area (Å²) in [6, 6.07) is 11.0. The summed E-state index contributed by atoms with van der Waals surface area (Å²) >= 11 is 0. The van der Waals surface area contributed by atoms with Crippen LogP contribution in [0.25, 0.3) is 0 Å². The van der Waals surface area contributed by atoms with Gasteiger partial charge in [0.05, 0.1) is 16.9 Å². The topological polar surface area (TPSA) is 65.3 Å². The Hall–Kier alpha value is -2.76. The molecule has 0 atom stereocenters. The van der Waals surface area contributed by atoms with Crippen molar-refractivity contribution in [1.29, 1.82) is 0 Å². The standard InChI is InChI=1S/C15H14FN3O2/c1-19(2)12-6-3-10(4-7-12)17-18-11-5-8-13(15(20)21)14(16)9-11/h3-9H,1-2H3,(H,20,21). The number of carboxylic acids is 1. The molecule has 0 saturated heterocycles. The second kappa shape index (κ2) is 6.13. The molecule has 0 aliphatic rings. The average molecular weight is 287 g/mol. The lowest BCUT2D eigenvalue weighted by molar-refractivity contribution is 0.0692. The second-order valence-electron chi connectivity index (χ2n) is 4.58. The highest BCUT2D eigenvalue weighted by molar-refractivity contribution is 5.88. The maximum Gasteiger partial charge on any atom is 0.338 e. The summed E-state index contributed by atoms with van der Waals surface area (Å²) in [6.07, 6.45) is 0. The molecule has 2 rings (SSSR count). The van der Waals surface area contributed by atoms with Crippen molar-refractivity contribution in [3.05, 3.63) is 53.8 Å². The van der Waals surface area contributed by atoms with Gasteiger partial charge in [-0.15, -0.1) is 0 Å². The number of anilines is 1. The van der Waals surface area contributed by atoms with Crippen molar-refractivity contribution in [1.82, 2.24) is 0 Å². The monoisotopic (exact) mass is 287 g/mol. The average Bonchev–Trinajstić information content (AvgIpc) is 2.45. The lowest BCUT2D eigenvalue weighted by Crippen LogP contribution is -2.07. The van der Waals surface area contributed by atoms with Crippen LogP contribution in [-0.2, 0) is 0 Å². The first-order valence-corrected chi connectivity index (χ1v) is 6.19. The van der Waals surface area contributed by atoms with Gasteiger partial charge in [0.15, 0.2) is 0 Å². The number of rotatable bonds is 4. The summed E-state index contributed by atoms with van der Waals surface area (Å²) < 4.78 is 13.5. The van der Waals surface area contributed by atoms with Crippen LogP contribution in [0.4, 0.5) is 21.5 Å². The van der Waals surface area contributed by atoms with Gasteiger partial charge >= 0.3 is 5.97 Å². The minimum atomic E-state index is -1.31. The molecular formula is C15H14FN3O2. The molecule has 0 amide bonds. The largest absolute Gasteiger partial charge is 0.478 e. The highest BCUT2D eigenvalue weighted by atomic mass is 19.1. The zero-order valence-electron chi connectivity index (χ0n) is 11.6. The normalized spacial score (nSPS) is 10.8. The van der Waals surface area contributed by atoms with Crippen LogP contribution in [0.5, 0.6) is 0 Å². The molecule has 0 bridgehead atoms. The SMILES string of the molecule is CN(C)c1ccc(N=Nc2ccc(C(=O)O)c(F)c2)cc1. The van der Waals surface area contributed by atoms with E-state index in [4.69, 9.17) is 5.11 Å². The number of azo groups is 1. The summed E-state index contributed by atoms with van der Waals surface area (Å²) in [5.74, 6) is -2.14. The lowest BCUT2D eigenvalue weighted by atomic mass is 10.2. The molecule has 5 nitrogen and oxygen atoms in total. The van der Waals surface area contributed by atoms with E-state index in [0.29, 0.717) is 5.69 Å². The van der Waals surface area contributed by atoms with Gasteiger partial charge in [-0.05, 0) is 36.4 Å². The van der Waals surface area contributed by atoms with Gasteiger partial charge in [-0.25, -0.2) is 9.18 Å². The number of carboxylic acid groups (broad SMARTS) is 1. The van der Waals surface area contributed by atoms with Crippen LogP contribution in [-0.4, -0.2) is 25.2 Å². The number of hydrogen-bond donors (Lipinski definition) is 1. The van der Waals surface area contributed by atoms with E-state index in [1.165, 1.54) is 12.1 Å². The molecule has 0 fully saturated rings. The first kappa shape index (κ1) is 14.6. The van der Waals surface area contributed by atoms with Crippen LogP contribution in [0.3, 0.4) is 0 Å². The Balaban J connectivity index is 2.17. The number of hydrogen-bond acceptors (Lipinski definition) is 4. The third-order valence-corrected chi connectivity index (χ3v) is 2.83. The van der Waals surface area contributed by atoms with Crippen LogP contribution in [0.15, 0.2) is 52.7 Å². The van der Waals surface area contributed by atoms with Crippen LogP contribution < -0.4 is 4.90 Å². The number of nitrogens with zero attached hydrogens (tertiary/aromatic N) is 3.